The van der Waals surface area contributed by atoms with Crippen molar-refractivity contribution in [2.24, 2.45) is 5.41 Å². The smallest absolute Gasteiger partial charge is 0.326 e. The number of carbonyl (C=O) groups is 2. The second-order valence-corrected chi connectivity index (χ2v) is 5.82. The summed E-state index contributed by atoms with van der Waals surface area (Å²) in [5.41, 5.74) is -0.0330. The van der Waals surface area contributed by atoms with Gasteiger partial charge in [-0.25, -0.2) is 9.59 Å². The summed E-state index contributed by atoms with van der Waals surface area (Å²) in [6.07, 6.45) is 0.140. The summed E-state index contributed by atoms with van der Waals surface area (Å²) in [6, 6.07) is -1.13. The summed E-state index contributed by atoms with van der Waals surface area (Å²) in [5.74, 6) is -0.986. The van der Waals surface area contributed by atoms with E-state index in [0.717, 1.165) is 0 Å². The van der Waals surface area contributed by atoms with E-state index in [1.165, 1.54) is 12.0 Å². The molecule has 6 nitrogen and oxygen atoms in total. The summed E-state index contributed by atoms with van der Waals surface area (Å²) in [4.78, 5) is 24.4. The molecule has 104 valence electrons. The molecule has 0 aromatic rings. The first-order chi connectivity index (χ1) is 8.24. The molecule has 6 heteroatoms. The van der Waals surface area contributed by atoms with Crippen molar-refractivity contribution in [2.75, 3.05) is 20.2 Å². The third-order valence-electron chi connectivity index (χ3n) is 2.91. The zero-order chi connectivity index (χ0) is 13.9. The molecule has 0 aromatic heterocycles. The minimum absolute atomic E-state index is 0.0330. The van der Waals surface area contributed by atoms with Crippen LogP contribution in [-0.4, -0.2) is 54.4 Å². The van der Waals surface area contributed by atoms with E-state index in [2.05, 4.69) is 5.32 Å². The molecule has 2 N–H and O–H groups in total. The second kappa shape index (κ2) is 5.56. The van der Waals surface area contributed by atoms with Crippen LogP contribution in [0.3, 0.4) is 0 Å². The normalized spacial score (nSPS) is 24.1. The van der Waals surface area contributed by atoms with Gasteiger partial charge in [0.1, 0.15) is 6.04 Å². The zero-order valence-corrected chi connectivity index (χ0v) is 11.4. The van der Waals surface area contributed by atoms with Crippen LogP contribution in [0.4, 0.5) is 4.79 Å². The first-order valence-electron chi connectivity index (χ1n) is 6.04. The number of urea groups is 1. The van der Waals surface area contributed by atoms with Crippen molar-refractivity contribution >= 4 is 12.0 Å². The van der Waals surface area contributed by atoms with Crippen molar-refractivity contribution < 1.29 is 19.4 Å². The maximum Gasteiger partial charge on any atom is 0.326 e. The Morgan fingerprint density at radius 1 is 1.44 bits per heavy atom. The Labute approximate surface area is 107 Å². The summed E-state index contributed by atoms with van der Waals surface area (Å²) in [6.45, 7) is 6.84. The number of carboxylic acid groups (broad SMARTS) is 1. The topological polar surface area (TPSA) is 78.9 Å². The second-order valence-electron chi connectivity index (χ2n) is 5.82. The lowest BCUT2D eigenvalue weighted by atomic mass is 9.97. The SMILES string of the molecule is COC1CC(C(=O)O)N(C(=O)NCC(C)(C)C)C1. The lowest BCUT2D eigenvalue weighted by molar-refractivity contribution is -0.141. The Hall–Kier alpha value is -1.30. The highest BCUT2D eigenvalue weighted by molar-refractivity contribution is 5.83. The lowest BCUT2D eigenvalue weighted by Crippen LogP contribution is -2.48. The summed E-state index contributed by atoms with van der Waals surface area (Å²) >= 11 is 0. The molecule has 0 aliphatic carbocycles. The van der Waals surface area contributed by atoms with Crippen LogP contribution in [0.1, 0.15) is 27.2 Å². The quantitative estimate of drug-likeness (QED) is 0.789. The van der Waals surface area contributed by atoms with Crippen LogP contribution in [-0.2, 0) is 9.53 Å². The van der Waals surface area contributed by atoms with Gasteiger partial charge in [0.2, 0.25) is 0 Å². The van der Waals surface area contributed by atoms with Crippen molar-refractivity contribution in [3.63, 3.8) is 0 Å². The van der Waals surface area contributed by atoms with Crippen LogP contribution in [0.2, 0.25) is 0 Å². The predicted molar refractivity (Wildman–Crippen MR) is 66.4 cm³/mol. The maximum atomic E-state index is 12.0. The number of ether oxygens (including phenoxy) is 1. The Balaban J connectivity index is 2.62. The first-order valence-corrected chi connectivity index (χ1v) is 6.04. The molecule has 0 saturated carbocycles. The number of nitrogens with zero attached hydrogens (tertiary/aromatic N) is 1. The highest BCUT2D eigenvalue weighted by atomic mass is 16.5. The third-order valence-corrected chi connectivity index (χ3v) is 2.91. The van der Waals surface area contributed by atoms with E-state index in [4.69, 9.17) is 9.84 Å². The molecule has 0 radical (unpaired) electrons. The zero-order valence-electron chi connectivity index (χ0n) is 11.4. The average molecular weight is 258 g/mol. The number of methoxy groups -OCH3 is 1. The molecule has 1 aliphatic heterocycles. The third kappa shape index (κ3) is 3.87. The Bertz CT molecular complexity index is 325. The van der Waals surface area contributed by atoms with Gasteiger partial charge in [-0.3, -0.25) is 0 Å². The first kappa shape index (κ1) is 14.8. The molecule has 2 unspecified atom stereocenters. The van der Waals surface area contributed by atoms with Crippen LogP contribution in [0.25, 0.3) is 0 Å². The van der Waals surface area contributed by atoms with Gasteiger partial charge in [0.15, 0.2) is 0 Å². The standard InChI is InChI=1S/C12H22N2O4/c1-12(2,3)7-13-11(17)14-6-8(18-4)5-9(14)10(15)16/h8-9H,5-7H2,1-4H3,(H,13,17)(H,15,16). The van der Waals surface area contributed by atoms with E-state index in [1.54, 1.807) is 0 Å². The van der Waals surface area contributed by atoms with Crippen molar-refractivity contribution in [1.29, 1.82) is 0 Å². The summed E-state index contributed by atoms with van der Waals surface area (Å²) in [7, 11) is 1.53. The fourth-order valence-corrected chi connectivity index (χ4v) is 1.87. The molecule has 0 aromatic carbocycles. The van der Waals surface area contributed by atoms with Crippen molar-refractivity contribution in [2.45, 2.75) is 39.3 Å². The van der Waals surface area contributed by atoms with Crippen molar-refractivity contribution in [3.05, 3.63) is 0 Å². The minimum atomic E-state index is -0.986. The van der Waals surface area contributed by atoms with Gasteiger partial charge in [-0.1, -0.05) is 20.8 Å². The number of aliphatic carboxylic acids is 1. The molecular weight excluding hydrogens is 236 g/mol. The van der Waals surface area contributed by atoms with Crippen LogP contribution in [0.15, 0.2) is 0 Å². The Morgan fingerprint density at radius 2 is 2.06 bits per heavy atom. The number of carbonyl (C=O) groups excluding carboxylic acids is 1. The molecule has 0 bridgehead atoms. The van der Waals surface area contributed by atoms with E-state index < -0.39 is 12.0 Å². The van der Waals surface area contributed by atoms with E-state index in [0.29, 0.717) is 19.5 Å². The lowest BCUT2D eigenvalue weighted by Gasteiger charge is -2.25. The van der Waals surface area contributed by atoms with Gasteiger partial charge in [0, 0.05) is 26.6 Å². The van der Waals surface area contributed by atoms with Crippen LogP contribution in [0, 0.1) is 5.41 Å². The molecule has 0 spiro atoms. The van der Waals surface area contributed by atoms with Crippen LogP contribution >= 0.6 is 0 Å². The highest BCUT2D eigenvalue weighted by Crippen LogP contribution is 2.20. The molecule has 1 rings (SSSR count). The number of hydrogen-bond donors (Lipinski definition) is 2. The summed E-state index contributed by atoms with van der Waals surface area (Å²) in [5, 5.41) is 11.9. The fourth-order valence-electron chi connectivity index (χ4n) is 1.87. The number of carboxylic acids is 1. The van der Waals surface area contributed by atoms with Gasteiger partial charge in [0.05, 0.1) is 6.10 Å². The largest absolute Gasteiger partial charge is 0.480 e. The highest BCUT2D eigenvalue weighted by Gasteiger charge is 2.39. The molecule has 1 aliphatic rings. The van der Waals surface area contributed by atoms with Crippen LogP contribution in [0.5, 0.6) is 0 Å². The van der Waals surface area contributed by atoms with Gasteiger partial charge in [-0.15, -0.1) is 0 Å². The predicted octanol–water partition coefficient (Wildman–Crippen LogP) is 0.916. The Kier molecular flexibility index (Phi) is 4.56. The maximum absolute atomic E-state index is 12.0. The Morgan fingerprint density at radius 3 is 2.50 bits per heavy atom. The molecular formula is C12H22N2O4. The van der Waals surface area contributed by atoms with Gasteiger partial charge in [-0.05, 0) is 5.41 Å². The van der Waals surface area contributed by atoms with Crippen LogP contribution < -0.4 is 5.32 Å². The minimum Gasteiger partial charge on any atom is -0.480 e. The summed E-state index contributed by atoms with van der Waals surface area (Å²) < 4.78 is 5.13. The number of nitrogens with one attached hydrogen (secondary N) is 1. The molecule has 1 saturated heterocycles. The molecule has 1 heterocycles. The molecule has 18 heavy (non-hydrogen) atoms. The van der Waals surface area contributed by atoms with Crippen molar-refractivity contribution in [1.82, 2.24) is 10.2 Å². The van der Waals surface area contributed by atoms with E-state index in [-0.39, 0.29) is 17.6 Å². The monoisotopic (exact) mass is 258 g/mol. The molecule has 2 amide bonds. The fraction of sp³-hybridized carbons (Fsp3) is 0.833. The number of likely N-dealkylation sites (tertiary alicyclic amines) is 1. The number of hydrogen-bond acceptors (Lipinski definition) is 3. The van der Waals surface area contributed by atoms with E-state index in [9.17, 15) is 9.59 Å². The van der Waals surface area contributed by atoms with E-state index in [1.807, 2.05) is 20.8 Å². The van der Waals surface area contributed by atoms with Gasteiger partial charge >= 0.3 is 12.0 Å². The number of rotatable bonds is 3. The molecule has 2 atom stereocenters. The number of amides is 2. The van der Waals surface area contributed by atoms with Gasteiger partial charge in [-0.2, -0.15) is 0 Å². The average Bonchev–Trinajstić information content (AvgIpc) is 2.69. The van der Waals surface area contributed by atoms with Gasteiger partial charge < -0.3 is 20.1 Å². The van der Waals surface area contributed by atoms with Gasteiger partial charge in [0.25, 0.3) is 0 Å². The molecule has 1 fully saturated rings. The van der Waals surface area contributed by atoms with Crippen molar-refractivity contribution in [3.8, 4) is 0 Å². The van der Waals surface area contributed by atoms with E-state index >= 15 is 0 Å².